The Balaban J connectivity index is 1.98. The smallest absolute Gasteiger partial charge is 0.357 e. The molecular formula is C18H19F3N6O. The largest absolute Gasteiger partial charge is 0.399 e. The number of anilines is 1. The van der Waals surface area contributed by atoms with Crippen molar-refractivity contribution < 1.29 is 13.2 Å². The predicted molar refractivity (Wildman–Crippen MR) is 97.8 cm³/mol. The zero-order valence-corrected chi connectivity index (χ0v) is 15.6. The molecule has 0 aromatic carbocycles. The second kappa shape index (κ2) is 6.05. The first-order valence-electron chi connectivity index (χ1n) is 8.92. The van der Waals surface area contributed by atoms with Gasteiger partial charge in [-0.15, -0.1) is 0 Å². The van der Waals surface area contributed by atoms with Crippen LogP contribution in [0.2, 0.25) is 0 Å². The van der Waals surface area contributed by atoms with E-state index in [9.17, 15) is 18.0 Å². The van der Waals surface area contributed by atoms with Crippen LogP contribution in [0.25, 0.3) is 16.9 Å². The van der Waals surface area contributed by atoms with Gasteiger partial charge in [-0.25, -0.2) is 19.3 Å². The van der Waals surface area contributed by atoms with Crippen LogP contribution in [0, 0.1) is 0 Å². The van der Waals surface area contributed by atoms with E-state index in [0.717, 1.165) is 0 Å². The van der Waals surface area contributed by atoms with Crippen molar-refractivity contribution in [1.82, 2.24) is 24.3 Å². The molecule has 1 saturated carbocycles. The molecule has 1 fully saturated rings. The summed E-state index contributed by atoms with van der Waals surface area (Å²) in [7, 11) is 1.64. The van der Waals surface area contributed by atoms with E-state index in [-0.39, 0.29) is 41.3 Å². The van der Waals surface area contributed by atoms with Gasteiger partial charge in [0.05, 0.1) is 5.69 Å². The number of nitrogens with one attached hydrogen (secondary N) is 1. The summed E-state index contributed by atoms with van der Waals surface area (Å²) in [5.41, 5.74) is -1.97. The highest BCUT2D eigenvalue weighted by atomic mass is 19.4. The van der Waals surface area contributed by atoms with Crippen molar-refractivity contribution in [1.29, 1.82) is 0 Å². The molecule has 0 saturated heterocycles. The number of hydrogen-bond acceptors (Lipinski definition) is 5. The fourth-order valence-electron chi connectivity index (χ4n) is 3.42. The van der Waals surface area contributed by atoms with Gasteiger partial charge < -0.3 is 5.32 Å². The zero-order chi connectivity index (χ0) is 20.3. The molecule has 1 aliphatic rings. The van der Waals surface area contributed by atoms with Crippen LogP contribution in [-0.2, 0) is 5.41 Å². The molecule has 3 aromatic heterocycles. The van der Waals surface area contributed by atoms with E-state index in [4.69, 9.17) is 0 Å². The van der Waals surface area contributed by atoms with Crippen molar-refractivity contribution in [3.8, 4) is 5.82 Å². The third-order valence-electron chi connectivity index (χ3n) is 5.07. The summed E-state index contributed by atoms with van der Waals surface area (Å²) in [6, 6.07) is 4.24. The summed E-state index contributed by atoms with van der Waals surface area (Å²) in [5, 5.41) is 3.08. The minimum absolute atomic E-state index is 0.0163. The van der Waals surface area contributed by atoms with E-state index in [0.29, 0.717) is 11.6 Å². The first kappa shape index (κ1) is 18.5. The summed E-state index contributed by atoms with van der Waals surface area (Å²) in [6.07, 6.45) is -2.92. The van der Waals surface area contributed by atoms with Gasteiger partial charge in [0.25, 0.3) is 5.56 Å². The molecule has 28 heavy (non-hydrogen) atoms. The number of aromatic nitrogens is 5. The Labute approximate surface area is 158 Å². The number of halogens is 3. The fraction of sp³-hybridized carbons (Fsp3) is 0.444. The lowest BCUT2D eigenvalue weighted by Crippen LogP contribution is -2.30. The summed E-state index contributed by atoms with van der Waals surface area (Å²) >= 11 is 0. The molecule has 1 aliphatic carbocycles. The van der Waals surface area contributed by atoms with Gasteiger partial charge in [0.2, 0.25) is 5.95 Å². The molecule has 0 aliphatic heterocycles. The molecule has 1 N–H and O–H groups in total. The number of nitrogens with zero attached hydrogens (tertiary/aromatic N) is 5. The van der Waals surface area contributed by atoms with Crippen molar-refractivity contribution in [2.45, 2.75) is 44.3 Å². The number of fused-ring (bicyclic) bond motifs is 1. The van der Waals surface area contributed by atoms with Crippen LogP contribution in [0.15, 0.2) is 29.2 Å². The maximum absolute atomic E-state index is 13.5. The molecule has 7 nitrogen and oxygen atoms in total. The molecule has 3 heterocycles. The number of rotatable bonds is 4. The average molecular weight is 392 g/mol. The van der Waals surface area contributed by atoms with Crippen LogP contribution in [0.5, 0.6) is 0 Å². The highest BCUT2D eigenvalue weighted by Gasteiger charge is 2.65. The molecule has 0 unspecified atom stereocenters. The lowest BCUT2D eigenvalue weighted by atomic mass is 10.0. The van der Waals surface area contributed by atoms with E-state index >= 15 is 0 Å². The molecule has 0 radical (unpaired) electrons. The number of alkyl halides is 3. The highest BCUT2D eigenvalue weighted by Crippen LogP contribution is 2.58. The van der Waals surface area contributed by atoms with Crippen molar-refractivity contribution >= 4 is 17.0 Å². The van der Waals surface area contributed by atoms with Crippen LogP contribution in [0.4, 0.5) is 19.1 Å². The SMILES string of the molecule is CNc1ncc2c(=O)n(C(C)C)n(-c3cccc(C4(C(F)(F)F)CC4)n3)c2n1. The van der Waals surface area contributed by atoms with Gasteiger partial charge >= 0.3 is 6.18 Å². The van der Waals surface area contributed by atoms with Crippen LogP contribution < -0.4 is 10.9 Å². The molecule has 10 heteroatoms. The quantitative estimate of drug-likeness (QED) is 0.738. The van der Waals surface area contributed by atoms with Gasteiger partial charge in [-0.1, -0.05) is 6.07 Å². The van der Waals surface area contributed by atoms with Gasteiger partial charge in [-0.2, -0.15) is 18.2 Å². The Morgan fingerprint density at radius 3 is 2.50 bits per heavy atom. The molecule has 0 amide bonds. The highest BCUT2D eigenvalue weighted by molar-refractivity contribution is 5.76. The maximum atomic E-state index is 13.5. The van der Waals surface area contributed by atoms with Gasteiger partial charge in [-0.05, 0) is 38.8 Å². The topological polar surface area (TPSA) is 77.6 Å². The van der Waals surface area contributed by atoms with E-state index < -0.39 is 11.6 Å². The van der Waals surface area contributed by atoms with Gasteiger partial charge in [0.15, 0.2) is 11.5 Å². The van der Waals surface area contributed by atoms with Crippen LogP contribution in [0.3, 0.4) is 0 Å². The summed E-state index contributed by atoms with van der Waals surface area (Å²) in [5.74, 6) is 0.516. The van der Waals surface area contributed by atoms with Crippen LogP contribution >= 0.6 is 0 Å². The Kier molecular flexibility index (Phi) is 3.98. The first-order chi connectivity index (χ1) is 13.2. The van der Waals surface area contributed by atoms with Gasteiger partial charge in [-0.3, -0.25) is 4.79 Å². The second-order valence-electron chi connectivity index (χ2n) is 7.20. The van der Waals surface area contributed by atoms with Crippen LogP contribution in [-0.4, -0.2) is 37.5 Å². The third-order valence-corrected chi connectivity index (χ3v) is 5.07. The van der Waals surface area contributed by atoms with Crippen molar-refractivity contribution in [2.24, 2.45) is 0 Å². The first-order valence-corrected chi connectivity index (χ1v) is 8.92. The lowest BCUT2D eigenvalue weighted by molar-refractivity contribution is -0.161. The lowest BCUT2D eigenvalue weighted by Gasteiger charge is -2.20. The standard InChI is InChI=1S/C18H19F3N6O/c1-10(2)26-15(28)11-9-23-16(22-3)25-14(11)27(26)13-6-4-5-12(24-13)17(7-8-17)18(19,20)21/h4-6,9-10H,7-8H2,1-3H3,(H,22,23,25). The van der Waals surface area contributed by atoms with Gasteiger partial charge in [0.1, 0.15) is 10.8 Å². The number of pyridine rings is 1. The maximum Gasteiger partial charge on any atom is 0.399 e. The monoisotopic (exact) mass is 392 g/mol. The Morgan fingerprint density at radius 1 is 1.21 bits per heavy atom. The Hall–Kier alpha value is -2.91. The van der Waals surface area contributed by atoms with Crippen molar-refractivity contribution in [2.75, 3.05) is 12.4 Å². The normalized spacial score (nSPS) is 16.0. The average Bonchev–Trinajstić information content (AvgIpc) is 3.42. The molecule has 4 rings (SSSR count). The Morgan fingerprint density at radius 2 is 1.93 bits per heavy atom. The summed E-state index contributed by atoms with van der Waals surface area (Å²) in [4.78, 5) is 25.6. The molecule has 3 aromatic rings. The predicted octanol–water partition coefficient (Wildman–Crippen LogP) is 3.19. The molecule has 148 valence electrons. The van der Waals surface area contributed by atoms with Crippen molar-refractivity contribution in [3.05, 3.63) is 40.4 Å². The van der Waals surface area contributed by atoms with Gasteiger partial charge in [0, 0.05) is 19.3 Å². The molecule has 0 bridgehead atoms. The fourth-order valence-corrected chi connectivity index (χ4v) is 3.42. The minimum atomic E-state index is -4.36. The molecule has 0 atom stereocenters. The minimum Gasteiger partial charge on any atom is -0.357 e. The van der Waals surface area contributed by atoms with E-state index in [1.807, 2.05) is 13.8 Å². The summed E-state index contributed by atoms with van der Waals surface area (Å²) < 4.78 is 43.5. The van der Waals surface area contributed by atoms with E-state index in [2.05, 4.69) is 20.3 Å². The molecule has 0 spiro atoms. The molecular weight excluding hydrogens is 373 g/mol. The zero-order valence-electron chi connectivity index (χ0n) is 15.6. The Bertz CT molecular complexity index is 1110. The second-order valence-corrected chi connectivity index (χ2v) is 7.20. The number of hydrogen-bond donors (Lipinski definition) is 1. The van der Waals surface area contributed by atoms with E-state index in [1.54, 1.807) is 13.1 Å². The van der Waals surface area contributed by atoms with Crippen molar-refractivity contribution in [3.63, 3.8) is 0 Å². The summed E-state index contributed by atoms with van der Waals surface area (Å²) in [6.45, 7) is 3.62. The van der Waals surface area contributed by atoms with E-state index in [1.165, 1.54) is 27.7 Å². The third kappa shape index (κ3) is 2.58. The van der Waals surface area contributed by atoms with Crippen LogP contribution in [0.1, 0.15) is 38.4 Å².